The zero-order chi connectivity index (χ0) is 24.1. The highest BCUT2D eigenvalue weighted by atomic mass is 35.5. The predicted molar refractivity (Wildman–Crippen MR) is 130 cm³/mol. The number of imidazole rings is 1. The number of nitrogens with zero attached hydrogens (tertiary/aromatic N) is 4. The molecule has 0 fully saturated rings. The number of benzene rings is 2. The highest BCUT2D eigenvalue weighted by Crippen LogP contribution is 2.34. The molecular weight excluding hydrogens is 468 g/mol. The fourth-order valence-corrected chi connectivity index (χ4v) is 4.81. The van der Waals surface area contributed by atoms with E-state index in [1.807, 2.05) is 18.2 Å². The Morgan fingerprint density at radius 3 is 2.60 bits per heavy atom. The lowest BCUT2D eigenvalue weighted by molar-refractivity contribution is 0.0697. The van der Waals surface area contributed by atoms with Gasteiger partial charge in [0.25, 0.3) is 5.56 Å². The van der Waals surface area contributed by atoms with Gasteiger partial charge in [-0.25, -0.2) is 19.7 Å². The van der Waals surface area contributed by atoms with Crippen molar-refractivity contribution in [2.45, 2.75) is 18.9 Å². The summed E-state index contributed by atoms with van der Waals surface area (Å²) in [6, 6.07) is 15.6. The molecule has 0 bridgehead atoms. The number of pyridine rings is 1. The largest absolute Gasteiger partial charge is 0.478 e. The molecule has 1 atom stereocenters. The van der Waals surface area contributed by atoms with Crippen molar-refractivity contribution in [3.8, 4) is 28.1 Å². The van der Waals surface area contributed by atoms with E-state index in [9.17, 15) is 9.59 Å². The van der Waals surface area contributed by atoms with E-state index in [1.54, 1.807) is 58.2 Å². The lowest BCUT2D eigenvalue weighted by atomic mass is 10.0. The quantitative estimate of drug-likeness (QED) is 0.342. The third-order valence-electron chi connectivity index (χ3n) is 6.36. The van der Waals surface area contributed by atoms with Crippen LogP contribution in [0, 0.1) is 0 Å². The van der Waals surface area contributed by atoms with E-state index in [1.165, 1.54) is 0 Å². The topological polar surface area (TPSA) is 122 Å². The number of H-pyrrole nitrogens is 2. The van der Waals surface area contributed by atoms with Crippen LogP contribution in [0.15, 0.2) is 71.9 Å². The standard InChI is InChI=1S/C25H19ClN6O3/c26-17-5-7-21(31-13-28-30-31)19(11-17)16-9-18-6-8-22(32(18)23(33)10-16)24-27-12-20(29-24)14-1-3-15(4-2-14)25(34)35/h1-5,7,9-13,22,30H,6,8H2,(H,27,29)(H,34,35). The summed E-state index contributed by atoms with van der Waals surface area (Å²) >= 11 is 6.27. The molecule has 9 nitrogen and oxygen atoms in total. The van der Waals surface area contributed by atoms with Gasteiger partial charge >= 0.3 is 5.97 Å². The van der Waals surface area contributed by atoms with Gasteiger partial charge in [0.1, 0.15) is 12.2 Å². The van der Waals surface area contributed by atoms with Crippen molar-refractivity contribution in [1.29, 1.82) is 0 Å². The lowest BCUT2D eigenvalue weighted by Gasteiger charge is -2.16. The summed E-state index contributed by atoms with van der Waals surface area (Å²) in [5, 5.41) is 16.4. The van der Waals surface area contributed by atoms with Gasteiger partial charge in [-0.2, -0.15) is 0 Å². The fraction of sp³-hybridized carbons (Fsp3) is 0.120. The first-order valence-electron chi connectivity index (χ1n) is 11.0. The molecule has 0 amide bonds. The number of hydrogen-bond acceptors (Lipinski definition) is 4. The molecule has 4 heterocycles. The Morgan fingerprint density at radius 1 is 1.09 bits per heavy atom. The summed E-state index contributed by atoms with van der Waals surface area (Å²) < 4.78 is 3.56. The monoisotopic (exact) mass is 486 g/mol. The third kappa shape index (κ3) is 3.66. The van der Waals surface area contributed by atoms with Crippen LogP contribution in [-0.2, 0) is 6.42 Å². The molecule has 35 heavy (non-hydrogen) atoms. The molecule has 0 saturated heterocycles. The Morgan fingerprint density at radius 2 is 1.89 bits per heavy atom. The van der Waals surface area contributed by atoms with Crippen molar-refractivity contribution in [2.24, 2.45) is 0 Å². The maximum absolute atomic E-state index is 13.3. The zero-order valence-electron chi connectivity index (χ0n) is 18.3. The van der Waals surface area contributed by atoms with Crippen LogP contribution in [-0.4, -0.2) is 40.6 Å². The van der Waals surface area contributed by atoms with E-state index >= 15 is 0 Å². The summed E-state index contributed by atoms with van der Waals surface area (Å²) in [6.07, 6.45) is 4.85. The number of carboxylic acids is 1. The Hall–Kier alpha value is -4.37. The maximum atomic E-state index is 13.3. The summed E-state index contributed by atoms with van der Waals surface area (Å²) in [5.41, 5.74) is 5.12. The van der Waals surface area contributed by atoms with E-state index in [-0.39, 0.29) is 17.2 Å². The van der Waals surface area contributed by atoms with Gasteiger partial charge in [0, 0.05) is 22.3 Å². The van der Waals surface area contributed by atoms with Gasteiger partial charge in [0.15, 0.2) is 0 Å². The number of aromatic carboxylic acids is 1. The summed E-state index contributed by atoms with van der Waals surface area (Å²) in [4.78, 5) is 32.3. The van der Waals surface area contributed by atoms with Crippen molar-refractivity contribution in [3.05, 3.63) is 99.6 Å². The smallest absolute Gasteiger partial charge is 0.335 e. The van der Waals surface area contributed by atoms with Crippen molar-refractivity contribution in [2.75, 3.05) is 0 Å². The molecule has 1 aliphatic heterocycles. The van der Waals surface area contributed by atoms with Crippen molar-refractivity contribution >= 4 is 17.6 Å². The van der Waals surface area contributed by atoms with E-state index < -0.39 is 5.97 Å². The molecular formula is C25H19ClN6O3. The second-order valence-corrected chi connectivity index (χ2v) is 8.88. The van der Waals surface area contributed by atoms with Gasteiger partial charge in [-0.1, -0.05) is 23.7 Å². The van der Waals surface area contributed by atoms with Gasteiger partial charge < -0.3 is 14.7 Å². The van der Waals surface area contributed by atoms with E-state index in [0.29, 0.717) is 10.8 Å². The summed E-state index contributed by atoms with van der Waals surface area (Å²) in [6.45, 7) is 0. The van der Waals surface area contributed by atoms with Crippen molar-refractivity contribution in [1.82, 2.24) is 29.5 Å². The number of rotatable bonds is 5. The van der Waals surface area contributed by atoms with Crippen LogP contribution < -0.4 is 5.56 Å². The van der Waals surface area contributed by atoms with Gasteiger partial charge in [-0.15, -0.1) is 5.10 Å². The highest BCUT2D eigenvalue weighted by molar-refractivity contribution is 6.31. The normalized spacial score (nSPS) is 14.8. The van der Waals surface area contributed by atoms with Gasteiger partial charge in [-0.05, 0) is 60.4 Å². The maximum Gasteiger partial charge on any atom is 0.335 e. The molecule has 6 rings (SSSR count). The van der Waals surface area contributed by atoms with Crippen LogP contribution in [0.5, 0.6) is 0 Å². The molecule has 1 unspecified atom stereocenters. The van der Waals surface area contributed by atoms with Crippen molar-refractivity contribution < 1.29 is 9.90 Å². The minimum Gasteiger partial charge on any atom is -0.478 e. The average molecular weight is 487 g/mol. The second-order valence-electron chi connectivity index (χ2n) is 8.44. The number of carboxylic acid groups (broad SMARTS) is 1. The Kier molecular flexibility index (Phi) is 4.93. The minimum absolute atomic E-state index is 0.111. The average Bonchev–Trinajstić information content (AvgIpc) is 3.46. The molecule has 5 aromatic rings. The SMILES string of the molecule is O=C(O)c1ccc(-c2cnc(C3CCc4cc(-c5cc(Cl)ccc5-n5cn[nH]5)cc(=O)n43)[nH]2)cc1. The second kappa shape index (κ2) is 8.14. The number of carbonyl (C=O) groups is 1. The third-order valence-corrected chi connectivity index (χ3v) is 6.59. The minimum atomic E-state index is -0.970. The Bertz CT molecular complexity index is 1620. The summed E-state index contributed by atoms with van der Waals surface area (Å²) in [7, 11) is 0. The molecule has 0 saturated carbocycles. The van der Waals surface area contributed by atoms with E-state index in [2.05, 4.69) is 20.3 Å². The first-order valence-corrected chi connectivity index (χ1v) is 11.4. The van der Waals surface area contributed by atoms with Crippen LogP contribution in [0.4, 0.5) is 0 Å². The number of fused-ring (bicyclic) bond motifs is 1. The Balaban J connectivity index is 1.35. The molecule has 0 radical (unpaired) electrons. The zero-order valence-corrected chi connectivity index (χ0v) is 19.0. The number of aromatic amines is 2. The van der Waals surface area contributed by atoms with Gasteiger partial charge in [0.2, 0.25) is 0 Å². The van der Waals surface area contributed by atoms with Crippen LogP contribution in [0.3, 0.4) is 0 Å². The highest BCUT2D eigenvalue weighted by Gasteiger charge is 2.28. The molecule has 3 N–H and O–H groups in total. The van der Waals surface area contributed by atoms with E-state index in [0.717, 1.165) is 46.6 Å². The molecule has 0 aliphatic carbocycles. The number of nitrogens with one attached hydrogen (secondary N) is 2. The first kappa shape index (κ1) is 21.2. The number of halogens is 1. The lowest BCUT2D eigenvalue weighted by Crippen LogP contribution is -2.24. The van der Waals surface area contributed by atoms with E-state index in [4.69, 9.17) is 16.7 Å². The molecule has 10 heteroatoms. The Labute approximate surface area is 203 Å². The summed E-state index contributed by atoms with van der Waals surface area (Å²) in [5.74, 6) is -0.275. The van der Waals surface area contributed by atoms with Crippen LogP contribution in [0.1, 0.15) is 34.3 Å². The number of aryl methyl sites for hydroxylation is 1. The van der Waals surface area contributed by atoms with Crippen LogP contribution >= 0.6 is 11.6 Å². The molecule has 3 aromatic heterocycles. The van der Waals surface area contributed by atoms with Gasteiger partial charge in [-0.3, -0.25) is 4.79 Å². The van der Waals surface area contributed by atoms with Crippen LogP contribution in [0.2, 0.25) is 5.02 Å². The van der Waals surface area contributed by atoms with Gasteiger partial charge in [0.05, 0.1) is 29.2 Å². The number of aromatic nitrogens is 6. The van der Waals surface area contributed by atoms with Crippen molar-refractivity contribution in [3.63, 3.8) is 0 Å². The molecule has 0 spiro atoms. The first-order chi connectivity index (χ1) is 17.0. The molecule has 1 aliphatic rings. The predicted octanol–water partition coefficient (Wildman–Crippen LogP) is 4.31. The molecule has 2 aromatic carbocycles. The van der Waals surface area contributed by atoms with Crippen LogP contribution in [0.25, 0.3) is 28.1 Å². The number of hydrogen-bond donors (Lipinski definition) is 3. The molecule has 174 valence electrons. The fourth-order valence-electron chi connectivity index (χ4n) is 4.64.